The lowest BCUT2D eigenvalue weighted by Gasteiger charge is -2.34. The smallest absolute Gasteiger partial charge is 0.263 e. The first-order valence-corrected chi connectivity index (χ1v) is 12.4. The van der Waals surface area contributed by atoms with Gasteiger partial charge in [0.1, 0.15) is 12.4 Å². The van der Waals surface area contributed by atoms with Crippen molar-refractivity contribution in [2.24, 2.45) is 0 Å². The van der Waals surface area contributed by atoms with E-state index in [9.17, 15) is 13.2 Å². The van der Waals surface area contributed by atoms with E-state index >= 15 is 0 Å². The summed E-state index contributed by atoms with van der Waals surface area (Å²) in [6, 6.07) is 23.0. The largest absolute Gasteiger partial charge is 0.493 e. The first kappa shape index (κ1) is 23.4. The molecule has 1 aliphatic heterocycles. The number of sulfonamides is 1. The molecule has 1 amide bonds. The van der Waals surface area contributed by atoms with E-state index in [1.165, 1.54) is 4.31 Å². The highest BCUT2D eigenvalue weighted by atomic mass is 32.2. The Labute approximate surface area is 199 Å². The number of para-hydroxylation sites is 4. The summed E-state index contributed by atoms with van der Waals surface area (Å²) < 4.78 is 44.6. The molecule has 0 aromatic heterocycles. The van der Waals surface area contributed by atoms with Gasteiger partial charge >= 0.3 is 0 Å². The highest BCUT2D eigenvalue weighted by Gasteiger charge is 2.36. The molecule has 8 nitrogen and oxygen atoms in total. The topological polar surface area (TPSA) is 94.2 Å². The Hall–Kier alpha value is -3.72. The number of benzene rings is 3. The SMILES string of the molecule is COc1ccccc1OCCNC(=O)C1CN(S(=O)(=O)Cc2ccccc2)c2ccccc2O1. The molecule has 4 rings (SSSR count). The highest BCUT2D eigenvalue weighted by molar-refractivity contribution is 7.92. The third-order valence-electron chi connectivity index (χ3n) is 5.28. The van der Waals surface area contributed by atoms with Crippen LogP contribution in [0.3, 0.4) is 0 Å². The molecule has 0 saturated heterocycles. The summed E-state index contributed by atoms with van der Waals surface area (Å²) in [7, 11) is -2.19. The second-order valence-corrected chi connectivity index (χ2v) is 9.53. The van der Waals surface area contributed by atoms with E-state index in [1.807, 2.05) is 18.2 Å². The van der Waals surface area contributed by atoms with E-state index < -0.39 is 22.0 Å². The molecule has 1 atom stereocenters. The molecule has 1 N–H and O–H groups in total. The zero-order valence-electron chi connectivity index (χ0n) is 18.7. The Morgan fingerprint density at radius 3 is 2.44 bits per heavy atom. The van der Waals surface area contributed by atoms with Crippen molar-refractivity contribution in [3.8, 4) is 17.2 Å². The number of amides is 1. The van der Waals surface area contributed by atoms with Crippen LogP contribution in [-0.2, 0) is 20.6 Å². The molecule has 0 saturated carbocycles. The first-order chi connectivity index (χ1) is 16.5. The number of carbonyl (C=O) groups is 1. The number of ether oxygens (including phenoxy) is 3. The van der Waals surface area contributed by atoms with Crippen LogP contribution < -0.4 is 23.8 Å². The van der Waals surface area contributed by atoms with Crippen LogP contribution in [0.4, 0.5) is 5.69 Å². The maximum atomic E-state index is 13.3. The quantitative estimate of drug-likeness (QED) is 0.472. The summed E-state index contributed by atoms with van der Waals surface area (Å²) in [4.78, 5) is 12.8. The Kier molecular flexibility index (Phi) is 7.22. The van der Waals surface area contributed by atoms with Gasteiger partial charge in [-0.25, -0.2) is 8.42 Å². The van der Waals surface area contributed by atoms with Gasteiger partial charge in [0.05, 0.1) is 31.6 Å². The lowest BCUT2D eigenvalue weighted by Crippen LogP contribution is -2.51. The third kappa shape index (κ3) is 5.43. The fourth-order valence-corrected chi connectivity index (χ4v) is 5.23. The number of rotatable bonds is 9. The monoisotopic (exact) mass is 482 g/mol. The number of fused-ring (bicyclic) bond motifs is 1. The van der Waals surface area contributed by atoms with Crippen molar-refractivity contribution in [1.29, 1.82) is 0 Å². The van der Waals surface area contributed by atoms with E-state index in [0.29, 0.717) is 28.5 Å². The van der Waals surface area contributed by atoms with Crippen LogP contribution in [0, 0.1) is 0 Å². The number of hydrogen-bond donors (Lipinski definition) is 1. The van der Waals surface area contributed by atoms with Crippen LogP contribution in [0.15, 0.2) is 78.9 Å². The zero-order valence-corrected chi connectivity index (χ0v) is 19.5. The summed E-state index contributed by atoms with van der Waals surface area (Å²) >= 11 is 0. The predicted molar refractivity (Wildman–Crippen MR) is 129 cm³/mol. The summed E-state index contributed by atoms with van der Waals surface area (Å²) in [5.74, 6) is 0.915. The molecule has 9 heteroatoms. The van der Waals surface area contributed by atoms with Crippen LogP contribution in [0.5, 0.6) is 17.2 Å². The normalized spacial score (nSPS) is 15.1. The van der Waals surface area contributed by atoms with Gasteiger partial charge in [0.2, 0.25) is 10.0 Å². The number of carbonyl (C=O) groups excluding carboxylic acids is 1. The molecule has 1 heterocycles. The van der Waals surface area contributed by atoms with Gasteiger partial charge in [-0.15, -0.1) is 0 Å². The molecule has 1 unspecified atom stereocenters. The maximum absolute atomic E-state index is 13.3. The molecule has 0 aliphatic carbocycles. The van der Waals surface area contributed by atoms with Crippen molar-refractivity contribution in [3.05, 3.63) is 84.4 Å². The average Bonchev–Trinajstić information content (AvgIpc) is 2.86. The van der Waals surface area contributed by atoms with Crippen LogP contribution >= 0.6 is 0 Å². The van der Waals surface area contributed by atoms with Crippen molar-refractivity contribution in [2.45, 2.75) is 11.9 Å². The standard InChI is InChI=1S/C25H26N2O6S/c1-31-22-13-7-8-14-23(22)32-16-15-26-25(28)24-17-27(20-11-5-6-12-21(20)33-24)34(29,30)18-19-9-3-2-4-10-19/h2-14,24H,15-18H2,1H3,(H,26,28). The van der Waals surface area contributed by atoms with Crippen molar-refractivity contribution in [2.75, 3.05) is 31.1 Å². The van der Waals surface area contributed by atoms with Gasteiger partial charge < -0.3 is 19.5 Å². The molecule has 0 radical (unpaired) electrons. The van der Waals surface area contributed by atoms with Crippen molar-refractivity contribution in [1.82, 2.24) is 5.32 Å². The minimum absolute atomic E-state index is 0.120. The van der Waals surface area contributed by atoms with Gasteiger partial charge in [0, 0.05) is 0 Å². The second kappa shape index (κ2) is 10.5. The molecular weight excluding hydrogens is 456 g/mol. The average molecular weight is 483 g/mol. The Morgan fingerprint density at radius 1 is 1.00 bits per heavy atom. The van der Waals surface area contributed by atoms with Crippen molar-refractivity contribution >= 4 is 21.6 Å². The van der Waals surface area contributed by atoms with Crippen molar-refractivity contribution in [3.63, 3.8) is 0 Å². The van der Waals surface area contributed by atoms with Crippen LogP contribution in [-0.4, -0.2) is 47.2 Å². The van der Waals surface area contributed by atoms with Gasteiger partial charge in [0.25, 0.3) is 5.91 Å². The minimum Gasteiger partial charge on any atom is -0.493 e. The number of nitrogens with one attached hydrogen (secondary N) is 1. The van der Waals surface area contributed by atoms with Crippen LogP contribution in [0.1, 0.15) is 5.56 Å². The lowest BCUT2D eigenvalue weighted by atomic mass is 10.2. The molecule has 1 aliphatic rings. The number of hydrogen-bond acceptors (Lipinski definition) is 6. The predicted octanol–water partition coefficient (Wildman–Crippen LogP) is 2.99. The van der Waals surface area contributed by atoms with E-state index in [-0.39, 0.29) is 25.4 Å². The van der Waals surface area contributed by atoms with Crippen molar-refractivity contribution < 1.29 is 27.4 Å². The fraction of sp³-hybridized carbons (Fsp3) is 0.240. The van der Waals surface area contributed by atoms with E-state index in [4.69, 9.17) is 14.2 Å². The molecular formula is C25H26N2O6S. The third-order valence-corrected chi connectivity index (χ3v) is 7.00. The van der Waals surface area contributed by atoms with Crippen LogP contribution in [0.2, 0.25) is 0 Å². The number of anilines is 1. The Morgan fingerprint density at radius 2 is 1.68 bits per heavy atom. The Balaban J connectivity index is 1.42. The van der Waals surface area contributed by atoms with E-state index in [1.54, 1.807) is 67.8 Å². The summed E-state index contributed by atoms with van der Waals surface area (Å²) in [6.07, 6.45) is -0.994. The molecule has 3 aromatic carbocycles. The van der Waals surface area contributed by atoms with Gasteiger partial charge in [0.15, 0.2) is 17.6 Å². The van der Waals surface area contributed by atoms with Crippen LogP contribution in [0.25, 0.3) is 0 Å². The summed E-state index contributed by atoms with van der Waals surface area (Å²) in [6.45, 7) is 0.311. The lowest BCUT2D eigenvalue weighted by molar-refractivity contribution is -0.127. The maximum Gasteiger partial charge on any atom is 0.263 e. The van der Waals surface area contributed by atoms with E-state index in [2.05, 4.69) is 5.32 Å². The molecule has 3 aromatic rings. The summed E-state index contributed by atoms with van der Waals surface area (Å²) in [5, 5.41) is 2.76. The van der Waals surface area contributed by atoms with Gasteiger partial charge in [-0.05, 0) is 29.8 Å². The molecule has 0 fully saturated rings. The molecule has 178 valence electrons. The van der Waals surface area contributed by atoms with Gasteiger partial charge in [-0.3, -0.25) is 9.10 Å². The molecule has 34 heavy (non-hydrogen) atoms. The molecule has 0 spiro atoms. The first-order valence-electron chi connectivity index (χ1n) is 10.8. The van der Waals surface area contributed by atoms with E-state index in [0.717, 1.165) is 0 Å². The number of methoxy groups -OCH3 is 1. The summed E-state index contributed by atoms with van der Waals surface area (Å²) in [5.41, 5.74) is 1.09. The number of nitrogens with zero attached hydrogens (tertiary/aromatic N) is 1. The molecule has 0 bridgehead atoms. The minimum atomic E-state index is -3.75. The second-order valence-electron chi connectivity index (χ2n) is 7.64. The zero-order chi connectivity index (χ0) is 24.0. The van der Waals surface area contributed by atoms with Gasteiger partial charge in [-0.2, -0.15) is 0 Å². The highest BCUT2D eigenvalue weighted by Crippen LogP contribution is 2.35. The fourth-order valence-electron chi connectivity index (χ4n) is 3.65. The van der Waals surface area contributed by atoms with Gasteiger partial charge in [-0.1, -0.05) is 54.6 Å². The Bertz CT molecular complexity index is 1230.